The van der Waals surface area contributed by atoms with Crippen LogP contribution in [0, 0.1) is 0 Å². The van der Waals surface area contributed by atoms with Gasteiger partial charge < -0.3 is 4.90 Å². The molecule has 1 aromatic carbocycles. The molecule has 2 aromatic heterocycles. The molecule has 13 heteroatoms. The zero-order chi connectivity index (χ0) is 22.5. The number of nitrogens with zero attached hydrogens (tertiary/aromatic N) is 6. The molecule has 0 fully saturated rings. The van der Waals surface area contributed by atoms with Gasteiger partial charge >= 0.3 is 0 Å². The largest absolute Gasteiger partial charge is 0.362 e. The fourth-order valence-corrected chi connectivity index (χ4v) is 5.00. The molecule has 166 valence electrons. The van der Waals surface area contributed by atoms with Crippen molar-refractivity contribution in [2.75, 3.05) is 18.6 Å². The van der Waals surface area contributed by atoms with E-state index in [-0.39, 0.29) is 29.1 Å². The molecular weight excluding hydrogens is 567 g/mol. The van der Waals surface area contributed by atoms with Crippen LogP contribution in [0.15, 0.2) is 35.3 Å². The molecule has 1 unspecified atom stereocenters. The lowest BCUT2D eigenvalue weighted by Gasteiger charge is -2.28. The first-order chi connectivity index (χ1) is 15.0. The lowest BCUT2D eigenvalue weighted by Crippen LogP contribution is -2.33. The number of rotatable bonds is 5. The van der Waals surface area contributed by atoms with Crippen molar-refractivity contribution in [2.45, 2.75) is 25.9 Å². The van der Waals surface area contributed by atoms with Crippen LogP contribution in [0.2, 0.25) is 5.02 Å². The number of aromatic nitrogens is 5. The van der Waals surface area contributed by atoms with E-state index in [1.54, 1.807) is 29.1 Å². The fourth-order valence-electron chi connectivity index (χ4n) is 3.36. The number of hydrogen-bond donors (Lipinski definition) is 0. The van der Waals surface area contributed by atoms with Gasteiger partial charge in [-0.1, -0.05) is 41.1 Å². The summed E-state index contributed by atoms with van der Waals surface area (Å²) >= 11 is 8.34. The van der Waals surface area contributed by atoms with Gasteiger partial charge in [-0.15, -0.1) is 5.10 Å². The normalized spacial score (nSPS) is 13.5. The third-order valence-electron chi connectivity index (χ3n) is 4.81. The summed E-state index contributed by atoms with van der Waals surface area (Å²) in [6, 6.07) is 6.45. The second-order valence-corrected chi connectivity index (χ2v) is 8.87. The average molecular weight is 585 g/mol. The molecule has 7 nitrogen and oxygen atoms in total. The maximum absolute atomic E-state index is 13.3. The third-order valence-corrected chi connectivity index (χ3v) is 7.01. The number of hydrogen-bond acceptors (Lipinski definition) is 5. The van der Waals surface area contributed by atoms with Crippen LogP contribution in [0.5, 0.6) is 0 Å². The molecule has 31 heavy (non-hydrogen) atoms. The molecule has 1 aliphatic rings. The van der Waals surface area contributed by atoms with Gasteiger partial charge in [-0.2, -0.15) is 5.10 Å². The molecule has 0 saturated heterocycles. The number of benzene rings is 1. The Hall–Kier alpha value is -1.72. The van der Waals surface area contributed by atoms with Gasteiger partial charge in [0.1, 0.15) is 10.7 Å². The predicted molar refractivity (Wildman–Crippen MR) is 124 cm³/mol. The molecule has 0 radical (unpaired) electrons. The molecule has 0 spiro atoms. The van der Waals surface area contributed by atoms with E-state index in [1.807, 2.05) is 4.90 Å². The topological polar surface area (TPSA) is 68.8 Å². The van der Waals surface area contributed by atoms with Gasteiger partial charge in [0.05, 0.1) is 44.2 Å². The Morgan fingerprint density at radius 1 is 1.29 bits per heavy atom. The van der Waals surface area contributed by atoms with Gasteiger partial charge in [-0.3, -0.25) is 9.18 Å². The summed E-state index contributed by atoms with van der Waals surface area (Å²) in [5, 5.41) is 12.7. The van der Waals surface area contributed by atoms with E-state index in [0.29, 0.717) is 37.9 Å². The molecule has 1 aliphatic heterocycles. The summed E-state index contributed by atoms with van der Waals surface area (Å²) < 4.78 is 39.0. The van der Waals surface area contributed by atoms with Gasteiger partial charge in [0.25, 0.3) is 12.0 Å². The Bertz CT molecular complexity index is 1110. The second-order valence-electron chi connectivity index (χ2n) is 6.46. The highest BCUT2D eigenvalue weighted by molar-refractivity contribution is 14.2. The van der Waals surface area contributed by atoms with E-state index in [0.717, 1.165) is 11.4 Å². The van der Waals surface area contributed by atoms with Crippen LogP contribution in [0.4, 0.5) is 18.9 Å². The molecule has 0 bridgehead atoms. The van der Waals surface area contributed by atoms with Crippen LogP contribution < -0.4 is 10.5 Å². The Morgan fingerprint density at radius 3 is 2.74 bits per heavy atom. The number of anilines is 1. The van der Waals surface area contributed by atoms with Crippen LogP contribution in [0.3, 0.4) is 0 Å². The number of halogens is 5. The zero-order valence-corrected chi connectivity index (χ0v) is 20.2. The predicted octanol–water partition coefficient (Wildman–Crippen LogP) is 4.41. The van der Waals surface area contributed by atoms with Crippen molar-refractivity contribution in [1.29, 1.82) is 0 Å². The summed E-state index contributed by atoms with van der Waals surface area (Å²) in [5.41, 5.74) is 2.40. The minimum Gasteiger partial charge on any atom is -0.362 e. The minimum atomic E-state index is -2.54. The maximum Gasteiger partial charge on any atom is 0.291 e. The first kappa shape index (κ1) is 23.9. The summed E-state index contributed by atoms with van der Waals surface area (Å²) in [4.78, 5) is 14.2. The monoisotopic (exact) mass is 584 g/mol. The fraction of sp³-hybridized carbons (Fsp3) is 0.333. The van der Waals surface area contributed by atoms with E-state index in [1.165, 1.54) is 10.5 Å². The molecule has 0 N–H and O–H groups in total. The summed E-state index contributed by atoms with van der Waals surface area (Å²) in [7, 11) is 0.500. The Morgan fingerprint density at radius 2 is 2.03 bits per heavy atom. The van der Waals surface area contributed by atoms with Crippen LogP contribution in [0.1, 0.15) is 28.9 Å². The number of alkyl halides is 3. The third kappa shape index (κ3) is 5.04. The smallest absolute Gasteiger partial charge is 0.291 e. The SMILES string of the molecule is CF.O=c1c(Cl)c(N2CCc3c(nnn3Cc3ccccc3C(F)F)C2)cnn1PI. The van der Waals surface area contributed by atoms with Crippen molar-refractivity contribution in [3.63, 3.8) is 0 Å². The lowest BCUT2D eigenvalue weighted by atomic mass is 10.1. The van der Waals surface area contributed by atoms with Crippen molar-refractivity contribution in [3.8, 4) is 0 Å². The average Bonchev–Trinajstić information content (AvgIpc) is 3.19. The first-order valence-electron chi connectivity index (χ1n) is 9.04. The van der Waals surface area contributed by atoms with Crippen LogP contribution in [-0.4, -0.2) is 38.3 Å². The van der Waals surface area contributed by atoms with Crippen LogP contribution in [-0.2, 0) is 19.5 Å². The van der Waals surface area contributed by atoms with Crippen molar-refractivity contribution in [2.24, 2.45) is 0 Å². The minimum absolute atomic E-state index is 0.00331. The standard InChI is InChI=1S/C17H15ClF2IN6OP.CH3F/c18-15-14(7-22-27(29-21)17(15)28)25-6-5-13-12(9-25)23-24-26(13)8-10-3-1-2-4-11(10)16(19)20;1-2/h1-4,7,16,29H,5-6,8-9H2;1H3. The quantitative estimate of drug-likeness (QED) is 0.328. The number of fused-ring (bicyclic) bond motifs is 1. The van der Waals surface area contributed by atoms with E-state index >= 15 is 0 Å². The lowest BCUT2D eigenvalue weighted by molar-refractivity contribution is 0.150. The molecule has 0 saturated carbocycles. The maximum atomic E-state index is 13.3. The Kier molecular flexibility index (Phi) is 8.29. The van der Waals surface area contributed by atoms with Gasteiger partial charge in [-0.05, 0) is 27.6 Å². The molecular formula is C18H18ClF3IN6OP. The van der Waals surface area contributed by atoms with E-state index in [9.17, 15) is 18.0 Å². The second kappa shape index (κ2) is 10.7. The highest BCUT2D eigenvalue weighted by Gasteiger charge is 2.25. The van der Waals surface area contributed by atoms with Crippen LogP contribution >= 0.6 is 40.0 Å². The molecule has 1 atom stereocenters. The summed E-state index contributed by atoms with van der Waals surface area (Å²) in [6.45, 7) is 1.25. The molecule has 3 heterocycles. The summed E-state index contributed by atoms with van der Waals surface area (Å²) in [5.74, 6) is 0. The zero-order valence-electron chi connectivity index (χ0n) is 16.3. The Labute approximate surface area is 195 Å². The van der Waals surface area contributed by atoms with Crippen molar-refractivity contribution in [3.05, 3.63) is 68.4 Å². The Balaban J connectivity index is 0.00000132. The van der Waals surface area contributed by atoms with Gasteiger partial charge in [-0.25, -0.2) is 17.9 Å². The first-order valence-corrected chi connectivity index (χ1v) is 13.5. The molecule has 0 aliphatic carbocycles. The highest BCUT2D eigenvalue weighted by Crippen LogP contribution is 2.30. The van der Waals surface area contributed by atoms with Crippen molar-refractivity contribution >= 4 is 45.7 Å². The van der Waals surface area contributed by atoms with E-state index in [4.69, 9.17) is 11.6 Å². The highest BCUT2D eigenvalue weighted by atomic mass is 127. The van der Waals surface area contributed by atoms with Gasteiger partial charge in [0.15, 0.2) is 0 Å². The molecule has 4 rings (SSSR count). The van der Waals surface area contributed by atoms with E-state index < -0.39 is 6.43 Å². The van der Waals surface area contributed by atoms with Crippen molar-refractivity contribution in [1.82, 2.24) is 24.5 Å². The van der Waals surface area contributed by atoms with E-state index in [2.05, 4.69) is 37.5 Å². The van der Waals surface area contributed by atoms with Gasteiger partial charge in [0.2, 0.25) is 0 Å². The molecule has 3 aromatic rings. The van der Waals surface area contributed by atoms with Crippen molar-refractivity contribution < 1.29 is 13.2 Å². The summed E-state index contributed by atoms with van der Waals surface area (Å²) in [6.07, 6.45) is -0.181. The van der Waals surface area contributed by atoms with Gasteiger partial charge in [0, 0.05) is 18.5 Å². The van der Waals surface area contributed by atoms with Crippen LogP contribution in [0.25, 0.3) is 0 Å². The molecule has 0 amide bonds.